The van der Waals surface area contributed by atoms with Crippen molar-refractivity contribution in [3.05, 3.63) is 82.9 Å². The van der Waals surface area contributed by atoms with Crippen molar-refractivity contribution >= 4 is 22.4 Å². The monoisotopic (exact) mass is 522 g/mol. The molecule has 1 amide bonds. The fourth-order valence-corrected chi connectivity index (χ4v) is 4.40. The largest absolute Gasteiger partial charge is 0.435 e. The zero-order chi connectivity index (χ0) is 27.0. The topological polar surface area (TPSA) is 50.7 Å². The Morgan fingerprint density at radius 2 is 1.70 bits per heavy atom. The quantitative estimate of drug-likeness (QED) is 0.351. The van der Waals surface area contributed by atoms with E-state index in [0.717, 1.165) is 17.7 Å². The molecule has 196 valence electrons. The number of nitrogens with one attached hydrogen (secondary N) is 1. The van der Waals surface area contributed by atoms with Gasteiger partial charge in [-0.1, -0.05) is 67.5 Å². The van der Waals surface area contributed by atoms with E-state index >= 15 is 0 Å². The molecule has 3 aromatic rings. The number of hydrogen-bond donors (Lipinski definition) is 1. The first-order chi connectivity index (χ1) is 17.3. The first-order valence-corrected chi connectivity index (χ1v) is 11.6. The van der Waals surface area contributed by atoms with E-state index in [-0.39, 0.29) is 24.1 Å². The Balaban J connectivity index is 1.69. The number of hydrogen-bond acceptors (Lipinski definition) is 3. The van der Waals surface area contributed by atoms with E-state index in [1.807, 2.05) is 13.8 Å². The van der Waals surface area contributed by atoms with E-state index in [2.05, 4.69) is 10.5 Å². The summed E-state index contributed by atoms with van der Waals surface area (Å²) in [6.45, 7) is 4.08. The van der Waals surface area contributed by atoms with Gasteiger partial charge in [-0.2, -0.15) is 26.3 Å². The van der Waals surface area contributed by atoms with Crippen LogP contribution in [0.5, 0.6) is 0 Å². The molecule has 0 aromatic heterocycles. The lowest BCUT2D eigenvalue weighted by Gasteiger charge is -2.30. The third-order valence-electron chi connectivity index (χ3n) is 6.24. The Morgan fingerprint density at radius 1 is 1.00 bits per heavy atom. The number of amides is 1. The predicted octanol–water partition coefficient (Wildman–Crippen LogP) is 7.10. The molecule has 4 rings (SSSR count). The summed E-state index contributed by atoms with van der Waals surface area (Å²) in [7, 11) is 0. The molecule has 1 atom stereocenters. The standard InChI is InChI=1S/C27H24F6N2O2/c1-16(2)12-24(36)34-15-17-10-11-22(21-9-4-3-8-20(17)21)23-14-25(37-35-23,27(31,32)33)18-6-5-7-19(13-18)26(28,29)30/h3-11,13,16H,12,14-15H2,1-2H3,(H,34,36). The maximum absolute atomic E-state index is 14.3. The minimum atomic E-state index is -5.04. The van der Waals surface area contributed by atoms with Crippen molar-refractivity contribution in [1.29, 1.82) is 0 Å². The normalized spacial score (nSPS) is 18.1. The molecule has 0 radical (unpaired) electrons. The summed E-state index contributed by atoms with van der Waals surface area (Å²) in [6.07, 6.45) is -10.3. The number of oxime groups is 1. The van der Waals surface area contributed by atoms with Gasteiger partial charge < -0.3 is 10.2 Å². The third-order valence-corrected chi connectivity index (χ3v) is 6.24. The van der Waals surface area contributed by atoms with Gasteiger partial charge in [-0.05, 0) is 34.4 Å². The molecule has 0 saturated carbocycles. The molecule has 0 fully saturated rings. The molecular weight excluding hydrogens is 498 g/mol. The van der Waals surface area contributed by atoms with Crippen molar-refractivity contribution in [1.82, 2.24) is 5.32 Å². The number of carbonyl (C=O) groups is 1. The highest BCUT2D eigenvalue weighted by molar-refractivity contribution is 6.12. The number of carbonyl (C=O) groups excluding carboxylic acids is 1. The van der Waals surface area contributed by atoms with Crippen molar-refractivity contribution in [2.45, 2.75) is 51.2 Å². The lowest BCUT2D eigenvalue weighted by atomic mass is 9.84. The summed E-state index contributed by atoms with van der Waals surface area (Å²) in [4.78, 5) is 17.1. The molecular formula is C27H24F6N2O2. The second-order valence-electron chi connectivity index (χ2n) is 9.40. The Morgan fingerprint density at radius 3 is 2.35 bits per heavy atom. The van der Waals surface area contributed by atoms with E-state index in [0.29, 0.717) is 34.9 Å². The fraction of sp³-hybridized carbons (Fsp3) is 0.333. The second-order valence-corrected chi connectivity index (χ2v) is 9.40. The lowest BCUT2D eigenvalue weighted by Crippen LogP contribution is -2.42. The smallest absolute Gasteiger partial charge is 0.374 e. The van der Waals surface area contributed by atoms with Crippen molar-refractivity contribution in [2.24, 2.45) is 11.1 Å². The minimum absolute atomic E-state index is 0.0404. The van der Waals surface area contributed by atoms with Crippen LogP contribution in [0.25, 0.3) is 10.8 Å². The van der Waals surface area contributed by atoms with Crippen LogP contribution in [-0.2, 0) is 28.0 Å². The van der Waals surface area contributed by atoms with Gasteiger partial charge in [-0.3, -0.25) is 4.79 Å². The van der Waals surface area contributed by atoms with Crippen molar-refractivity contribution in [2.75, 3.05) is 0 Å². The van der Waals surface area contributed by atoms with Gasteiger partial charge in [0.2, 0.25) is 5.91 Å². The Hall–Kier alpha value is -3.56. The van der Waals surface area contributed by atoms with Crippen LogP contribution in [0, 0.1) is 5.92 Å². The van der Waals surface area contributed by atoms with E-state index in [1.165, 1.54) is 0 Å². The first-order valence-electron chi connectivity index (χ1n) is 11.6. The molecule has 3 aromatic carbocycles. The molecule has 1 heterocycles. The molecule has 0 saturated heterocycles. The highest BCUT2D eigenvalue weighted by Crippen LogP contribution is 2.50. The number of rotatable bonds is 6. The number of alkyl halides is 6. The Kier molecular flexibility index (Phi) is 6.96. The summed E-state index contributed by atoms with van der Waals surface area (Å²) in [6, 6.07) is 13.3. The molecule has 0 spiro atoms. The number of nitrogens with zero attached hydrogens (tertiary/aromatic N) is 1. The van der Waals surface area contributed by atoms with Crippen LogP contribution < -0.4 is 5.32 Å². The number of fused-ring (bicyclic) bond motifs is 1. The zero-order valence-corrected chi connectivity index (χ0v) is 20.0. The summed E-state index contributed by atoms with van der Waals surface area (Å²) in [5.41, 5.74) is -3.86. The van der Waals surface area contributed by atoms with Crippen LogP contribution >= 0.6 is 0 Å². The molecule has 0 aliphatic carbocycles. The van der Waals surface area contributed by atoms with Crippen molar-refractivity contribution < 1.29 is 36.0 Å². The average Bonchev–Trinajstić information content (AvgIpc) is 3.28. The summed E-state index contributed by atoms with van der Waals surface area (Å²) >= 11 is 0. The molecule has 0 bridgehead atoms. The molecule has 1 unspecified atom stereocenters. The van der Waals surface area contributed by atoms with Gasteiger partial charge in [0.25, 0.3) is 5.60 Å². The minimum Gasteiger partial charge on any atom is -0.374 e. The van der Waals surface area contributed by atoms with Gasteiger partial charge in [-0.15, -0.1) is 0 Å². The van der Waals surface area contributed by atoms with Crippen molar-refractivity contribution in [3.8, 4) is 0 Å². The molecule has 10 heteroatoms. The Labute approximate surface area is 209 Å². The SMILES string of the molecule is CC(C)CC(=O)NCc1ccc(C2=NOC(c3cccc(C(F)(F)F)c3)(C(F)(F)F)C2)c2ccccc12. The summed E-state index contributed by atoms with van der Waals surface area (Å²) < 4.78 is 82.7. The second kappa shape index (κ2) is 9.72. The molecule has 37 heavy (non-hydrogen) atoms. The van der Waals surface area contributed by atoms with Gasteiger partial charge in [0.1, 0.15) is 0 Å². The van der Waals surface area contributed by atoms with E-state index in [1.54, 1.807) is 36.4 Å². The van der Waals surface area contributed by atoms with Crippen LogP contribution in [-0.4, -0.2) is 17.8 Å². The van der Waals surface area contributed by atoms with Gasteiger partial charge in [-0.25, -0.2) is 0 Å². The van der Waals surface area contributed by atoms with Crippen LogP contribution in [0.2, 0.25) is 0 Å². The van der Waals surface area contributed by atoms with Gasteiger partial charge in [0.15, 0.2) is 0 Å². The molecule has 4 nitrogen and oxygen atoms in total. The van der Waals surface area contributed by atoms with Gasteiger partial charge in [0, 0.05) is 30.5 Å². The third kappa shape index (κ3) is 5.28. The molecule has 1 N–H and O–H groups in total. The van der Waals surface area contributed by atoms with Gasteiger partial charge >= 0.3 is 12.4 Å². The van der Waals surface area contributed by atoms with Crippen LogP contribution in [0.3, 0.4) is 0 Å². The molecule has 1 aliphatic rings. The zero-order valence-electron chi connectivity index (χ0n) is 20.0. The highest BCUT2D eigenvalue weighted by Gasteiger charge is 2.62. The number of benzene rings is 3. The lowest BCUT2D eigenvalue weighted by molar-refractivity contribution is -0.276. The van der Waals surface area contributed by atoms with E-state index < -0.39 is 35.5 Å². The van der Waals surface area contributed by atoms with E-state index in [9.17, 15) is 31.1 Å². The average molecular weight is 522 g/mol. The van der Waals surface area contributed by atoms with Crippen LogP contribution in [0.15, 0.2) is 65.8 Å². The fourth-order valence-electron chi connectivity index (χ4n) is 4.40. The summed E-state index contributed by atoms with van der Waals surface area (Å²) in [5.74, 6) is 0.0676. The van der Waals surface area contributed by atoms with E-state index in [4.69, 9.17) is 4.84 Å². The molecule has 1 aliphatic heterocycles. The predicted molar refractivity (Wildman–Crippen MR) is 127 cm³/mol. The highest BCUT2D eigenvalue weighted by atomic mass is 19.4. The Bertz CT molecular complexity index is 1350. The van der Waals surface area contributed by atoms with Crippen molar-refractivity contribution in [3.63, 3.8) is 0 Å². The maximum atomic E-state index is 14.3. The number of halogens is 6. The summed E-state index contributed by atoms with van der Waals surface area (Å²) in [5, 5.41) is 7.87. The van der Waals surface area contributed by atoms with Gasteiger partial charge in [0.05, 0.1) is 11.3 Å². The van der Waals surface area contributed by atoms with Crippen LogP contribution in [0.4, 0.5) is 26.3 Å². The van der Waals surface area contributed by atoms with Crippen LogP contribution in [0.1, 0.15) is 48.9 Å². The maximum Gasteiger partial charge on any atom is 0.435 e. The first kappa shape index (κ1) is 26.5.